The van der Waals surface area contributed by atoms with Crippen molar-refractivity contribution in [1.29, 1.82) is 0 Å². The van der Waals surface area contributed by atoms with Gasteiger partial charge in [0.1, 0.15) is 17.7 Å². The molecule has 0 aliphatic heterocycles. The van der Waals surface area contributed by atoms with E-state index in [1.165, 1.54) is 6.92 Å². The molecule has 2 unspecified atom stereocenters. The van der Waals surface area contributed by atoms with E-state index in [1.807, 2.05) is 26.0 Å². The fourth-order valence-corrected chi connectivity index (χ4v) is 3.17. The van der Waals surface area contributed by atoms with E-state index in [9.17, 15) is 19.2 Å². The van der Waals surface area contributed by atoms with E-state index in [0.717, 1.165) is 16.0 Å². The smallest absolute Gasteiger partial charge is 0.408 e. The van der Waals surface area contributed by atoms with Gasteiger partial charge in [0.05, 0.1) is 13.0 Å². The second-order valence-electron chi connectivity index (χ2n) is 8.81. The molecule has 9 nitrogen and oxygen atoms in total. The number of nitrogens with zero attached hydrogens (tertiary/aromatic N) is 1. The lowest BCUT2D eigenvalue weighted by atomic mass is 9.97. The average molecular weight is 474 g/mol. The summed E-state index contributed by atoms with van der Waals surface area (Å²) in [7, 11) is 0. The van der Waals surface area contributed by atoms with E-state index in [0.29, 0.717) is 5.56 Å². The topological polar surface area (TPSA) is 114 Å². The first-order chi connectivity index (χ1) is 15.8. The van der Waals surface area contributed by atoms with Crippen LogP contribution in [0.15, 0.2) is 18.2 Å². The molecule has 0 aromatic heterocycles. The monoisotopic (exact) mass is 473 g/mol. The highest BCUT2D eigenvalue weighted by atomic mass is 16.6. The van der Waals surface area contributed by atoms with Crippen molar-refractivity contribution in [3.05, 3.63) is 34.9 Å². The van der Waals surface area contributed by atoms with Crippen LogP contribution in [0.3, 0.4) is 0 Å². The SMILES string of the molecule is C#CN(C(=O)C(C)NC(=O)OC(C)(C)C)C(C(=O)NCCC(=O)OCC)c1ccc(C)cc1C. The molecular weight excluding hydrogens is 438 g/mol. The Balaban J connectivity index is 3.18. The third-order valence-corrected chi connectivity index (χ3v) is 4.64. The number of nitrogens with one attached hydrogen (secondary N) is 2. The van der Waals surface area contributed by atoms with Crippen LogP contribution in [0, 0.1) is 26.3 Å². The predicted molar refractivity (Wildman–Crippen MR) is 127 cm³/mol. The normalized spacial score (nSPS) is 12.5. The van der Waals surface area contributed by atoms with E-state index in [2.05, 4.69) is 16.7 Å². The third-order valence-electron chi connectivity index (χ3n) is 4.64. The first-order valence-corrected chi connectivity index (χ1v) is 11.1. The van der Waals surface area contributed by atoms with E-state index in [-0.39, 0.29) is 19.6 Å². The molecule has 186 valence electrons. The Labute approximate surface area is 201 Å². The van der Waals surface area contributed by atoms with Crippen LogP contribution in [0.5, 0.6) is 0 Å². The van der Waals surface area contributed by atoms with Crippen LogP contribution >= 0.6 is 0 Å². The number of rotatable bonds is 9. The van der Waals surface area contributed by atoms with E-state index < -0.39 is 41.6 Å². The van der Waals surface area contributed by atoms with E-state index >= 15 is 0 Å². The van der Waals surface area contributed by atoms with Gasteiger partial charge in [-0.2, -0.15) is 0 Å². The fraction of sp³-hybridized carbons (Fsp3) is 0.520. The van der Waals surface area contributed by atoms with Gasteiger partial charge in [0.15, 0.2) is 0 Å². The highest BCUT2D eigenvalue weighted by Crippen LogP contribution is 2.26. The van der Waals surface area contributed by atoms with Gasteiger partial charge in [-0.15, -0.1) is 0 Å². The van der Waals surface area contributed by atoms with Gasteiger partial charge in [0.25, 0.3) is 5.91 Å². The standard InChI is InChI=1S/C25H35N3O6/c1-9-28(23(31)18(5)27-24(32)34-25(6,7)8)21(19-12-11-16(3)15-17(19)4)22(30)26-14-13-20(29)33-10-2/h1,11-12,15,18,21H,10,13-14H2,2-8H3,(H,26,30)(H,27,32). The molecule has 0 aliphatic rings. The Hall–Kier alpha value is -3.54. The summed E-state index contributed by atoms with van der Waals surface area (Å²) in [5.41, 5.74) is 1.50. The number of aryl methyl sites for hydroxylation is 2. The molecule has 2 N–H and O–H groups in total. The van der Waals surface area contributed by atoms with Crippen molar-refractivity contribution >= 4 is 23.9 Å². The second kappa shape index (κ2) is 12.6. The van der Waals surface area contributed by atoms with E-state index in [1.54, 1.807) is 33.8 Å². The van der Waals surface area contributed by atoms with Gasteiger partial charge in [-0.1, -0.05) is 30.2 Å². The summed E-state index contributed by atoms with van der Waals surface area (Å²) < 4.78 is 10.1. The lowest BCUT2D eigenvalue weighted by Crippen LogP contribution is -2.50. The molecule has 0 aliphatic carbocycles. The third kappa shape index (κ3) is 8.77. The number of hydrogen-bond donors (Lipinski definition) is 2. The van der Waals surface area contributed by atoms with Gasteiger partial charge in [-0.25, -0.2) is 4.79 Å². The van der Waals surface area contributed by atoms with Gasteiger partial charge in [0.2, 0.25) is 5.91 Å². The van der Waals surface area contributed by atoms with Crippen molar-refractivity contribution < 1.29 is 28.7 Å². The van der Waals surface area contributed by atoms with Gasteiger partial charge < -0.3 is 20.1 Å². The number of esters is 1. The average Bonchev–Trinajstić information content (AvgIpc) is 2.70. The van der Waals surface area contributed by atoms with Crippen LogP contribution < -0.4 is 10.6 Å². The summed E-state index contributed by atoms with van der Waals surface area (Å²) in [5, 5.41) is 5.10. The van der Waals surface area contributed by atoms with Crippen molar-refractivity contribution in [2.24, 2.45) is 0 Å². The summed E-state index contributed by atoms with van der Waals surface area (Å²) in [6.07, 6.45) is 4.86. The minimum Gasteiger partial charge on any atom is -0.466 e. The summed E-state index contributed by atoms with van der Waals surface area (Å²) in [6.45, 7) is 12.2. The zero-order valence-electron chi connectivity index (χ0n) is 21.0. The molecule has 0 fully saturated rings. The number of terminal acetylenes is 1. The lowest BCUT2D eigenvalue weighted by Gasteiger charge is -2.30. The second-order valence-corrected chi connectivity index (χ2v) is 8.81. The maximum atomic E-state index is 13.2. The molecular formula is C25H35N3O6. The van der Waals surface area contributed by atoms with Gasteiger partial charge >= 0.3 is 12.1 Å². The zero-order chi connectivity index (χ0) is 26.1. The number of carbonyl (C=O) groups is 4. The number of ether oxygens (including phenoxy) is 2. The van der Waals surface area contributed by atoms with Gasteiger partial charge in [0, 0.05) is 12.6 Å². The molecule has 0 saturated carbocycles. The maximum Gasteiger partial charge on any atom is 0.408 e. The molecule has 0 saturated heterocycles. The largest absolute Gasteiger partial charge is 0.466 e. The van der Waals surface area contributed by atoms with Crippen molar-refractivity contribution in [3.8, 4) is 12.5 Å². The number of alkyl carbamates (subject to hydrolysis) is 1. The molecule has 1 aromatic rings. The Morgan fingerprint density at radius 1 is 1.18 bits per heavy atom. The highest BCUT2D eigenvalue weighted by molar-refractivity contribution is 5.93. The van der Waals surface area contributed by atoms with Crippen molar-refractivity contribution in [1.82, 2.24) is 15.5 Å². The summed E-state index contributed by atoms with van der Waals surface area (Å²) >= 11 is 0. The Morgan fingerprint density at radius 2 is 1.82 bits per heavy atom. The highest BCUT2D eigenvalue weighted by Gasteiger charge is 2.35. The van der Waals surface area contributed by atoms with Crippen molar-refractivity contribution in [2.45, 2.75) is 72.6 Å². The molecule has 0 bridgehead atoms. The number of hydrogen-bond acceptors (Lipinski definition) is 6. The Morgan fingerprint density at radius 3 is 2.35 bits per heavy atom. The molecule has 1 rings (SSSR count). The van der Waals surface area contributed by atoms with E-state index in [4.69, 9.17) is 15.9 Å². The molecule has 1 aromatic carbocycles. The van der Waals surface area contributed by atoms with Crippen LogP contribution in [-0.2, 0) is 23.9 Å². The first-order valence-electron chi connectivity index (χ1n) is 11.1. The molecule has 9 heteroatoms. The minimum absolute atomic E-state index is 0.0113. The number of carbonyl (C=O) groups excluding carboxylic acids is 4. The fourth-order valence-electron chi connectivity index (χ4n) is 3.17. The molecule has 0 spiro atoms. The summed E-state index contributed by atoms with van der Waals surface area (Å²) in [4.78, 5) is 51.1. The van der Waals surface area contributed by atoms with Gasteiger partial charge in [-0.3, -0.25) is 19.3 Å². The van der Waals surface area contributed by atoms with Crippen LogP contribution in [0.4, 0.5) is 4.79 Å². The summed E-state index contributed by atoms with van der Waals surface area (Å²) in [6, 6.07) is 5.45. The van der Waals surface area contributed by atoms with Gasteiger partial charge in [-0.05, 0) is 59.6 Å². The number of amides is 3. The Bertz CT molecular complexity index is 945. The minimum atomic E-state index is -1.18. The van der Waals surface area contributed by atoms with Crippen LogP contribution in [0.25, 0.3) is 0 Å². The lowest BCUT2D eigenvalue weighted by molar-refractivity contribution is -0.143. The quantitative estimate of drug-likeness (QED) is 0.324. The number of benzene rings is 1. The molecule has 34 heavy (non-hydrogen) atoms. The zero-order valence-corrected chi connectivity index (χ0v) is 21.0. The maximum absolute atomic E-state index is 13.2. The van der Waals surface area contributed by atoms with Crippen LogP contribution in [-0.4, -0.2) is 53.6 Å². The van der Waals surface area contributed by atoms with Crippen molar-refractivity contribution in [2.75, 3.05) is 13.2 Å². The molecule has 0 heterocycles. The molecule has 3 amide bonds. The van der Waals surface area contributed by atoms with Crippen molar-refractivity contribution in [3.63, 3.8) is 0 Å². The predicted octanol–water partition coefficient (Wildman–Crippen LogP) is 2.75. The first kappa shape index (κ1) is 28.5. The molecule has 0 radical (unpaired) electrons. The van der Waals surface area contributed by atoms with Crippen LogP contribution in [0.1, 0.15) is 63.8 Å². The molecule has 2 atom stereocenters. The Kier molecular flexibility index (Phi) is 10.6. The summed E-state index contributed by atoms with van der Waals surface area (Å²) in [5.74, 6) is -1.68. The van der Waals surface area contributed by atoms with Crippen LogP contribution in [0.2, 0.25) is 0 Å².